The highest BCUT2D eigenvalue weighted by Gasteiger charge is 2.09. The van der Waals surface area contributed by atoms with Crippen molar-refractivity contribution >= 4 is 17.9 Å². The smallest absolute Gasteiger partial charge is 0.344 e. The number of hydrogen-bond donors (Lipinski definition) is 4. The Kier molecular flexibility index (Phi) is 6.07. The van der Waals surface area contributed by atoms with Crippen molar-refractivity contribution in [3.8, 4) is 22.6 Å². The van der Waals surface area contributed by atoms with E-state index < -0.39 is 6.03 Å². The van der Waals surface area contributed by atoms with Crippen molar-refractivity contribution in [3.05, 3.63) is 72.4 Å². The lowest BCUT2D eigenvalue weighted by Crippen LogP contribution is -2.28. The summed E-state index contributed by atoms with van der Waals surface area (Å²) in [4.78, 5) is 23.7. The molecule has 0 saturated carbocycles. The third-order valence-electron chi connectivity index (χ3n) is 4.34. The molecule has 1 aromatic carbocycles. The maximum absolute atomic E-state index is 11.5. The highest BCUT2D eigenvalue weighted by molar-refractivity contribution is 5.90. The number of hydrogen-bond acceptors (Lipinski definition) is 7. The first-order valence-electron chi connectivity index (χ1n) is 9.59. The standard InChI is InChI=1S/C21H20N8O3/c22-19(23)28-21(30)27-9-13-3-1-4-14(7-13)15-10-24-20(25-11-15)26-12-16-8-18(32-29-16)17-5-2-6-31-17/h1-8,10-11H,9,12H2,(H,24,25,26)(H5,22,23,27,28,30). The molecule has 0 fully saturated rings. The molecule has 3 aromatic heterocycles. The van der Waals surface area contributed by atoms with Gasteiger partial charge in [-0.1, -0.05) is 23.4 Å². The van der Waals surface area contributed by atoms with Gasteiger partial charge in [-0.05, 0) is 29.3 Å². The number of amides is 2. The van der Waals surface area contributed by atoms with Gasteiger partial charge in [-0.25, -0.2) is 14.8 Å². The topological polar surface area (TPSA) is 170 Å². The highest BCUT2D eigenvalue weighted by atomic mass is 16.5. The molecule has 0 saturated heterocycles. The summed E-state index contributed by atoms with van der Waals surface area (Å²) < 4.78 is 10.6. The Balaban J connectivity index is 1.35. The number of benzene rings is 1. The van der Waals surface area contributed by atoms with Crippen molar-refractivity contribution in [3.63, 3.8) is 0 Å². The number of nitrogens with zero attached hydrogens (tertiary/aromatic N) is 4. The van der Waals surface area contributed by atoms with Crippen LogP contribution in [-0.4, -0.2) is 27.1 Å². The lowest BCUT2D eigenvalue weighted by atomic mass is 10.1. The van der Waals surface area contributed by atoms with E-state index in [-0.39, 0.29) is 12.5 Å². The predicted molar refractivity (Wildman–Crippen MR) is 117 cm³/mol. The summed E-state index contributed by atoms with van der Waals surface area (Å²) in [5.41, 5.74) is 13.7. The van der Waals surface area contributed by atoms with Crippen LogP contribution in [0.3, 0.4) is 0 Å². The molecule has 0 aliphatic heterocycles. The largest absolute Gasteiger partial charge is 0.461 e. The summed E-state index contributed by atoms with van der Waals surface area (Å²) in [6.45, 7) is 0.677. The Morgan fingerprint density at radius 3 is 2.59 bits per heavy atom. The molecule has 3 heterocycles. The number of carbonyl (C=O) groups is 1. The molecule has 0 aliphatic carbocycles. The van der Waals surface area contributed by atoms with Crippen LogP contribution in [0.4, 0.5) is 10.7 Å². The number of nitrogens with one attached hydrogen (secondary N) is 2. The zero-order chi connectivity index (χ0) is 22.3. The minimum absolute atomic E-state index is 0.279. The van der Waals surface area contributed by atoms with E-state index in [2.05, 4.69) is 30.8 Å². The Morgan fingerprint density at radius 2 is 1.84 bits per heavy atom. The zero-order valence-electron chi connectivity index (χ0n) is 16.9. The van der Waals surface area contributed by atoms with Gasteiger partial charge in [0.05, 0.1) is 12.8 Å². The number of urea groups is 1. The average molecular weight is 432 g/mol. The van der Waals surface area contributed by atoms with E-state index in [0.29, 0.717) is 29.7 Å². The molecule has 2 amide bonds. The third-order valence-corrected chi connectivity index (χ3v) is 4.34. The lowest BCUT2D eigenvalue weighted by Gasteiger charge is -2.07. The van der Waals surface area contributed by atoms with Gasteiger partial charge in [0.25, 0.3) is 0 Å². The van der Waals surface area contributed by atoms with Crippen molar-refractivity contribution < 1.29 is 13.7 Å². The summed E-state index contributed by atoms with van der Waals surface area (Å²) in [7, 11) is 0. The maximum atomic E-state index is 11.5. The SMILES string of the molecule is NC(N)=NC(=O)NCc1cccc(-c2cnc(NCc3cc(-c4ccco4)on3)nc2)c1. The minimum atomic E-state index is -0.599. The van der Waals surface area contributed by atoms with Crippen molar-refractivity contribution in [2.45, 2.75) is 13.1 Å². The van der Waals surface area contributed by atoms with E-state index in [1.165, 1.54) is 0 Å². The first-order valence-corrected chi connectivity index (χ1v) is 9.59. The fourth-order valence-corrected chi connectivity index (χ4v) is 2.86. The van der Waals surface area contributed by atoms with Crippen LogP contribution in [-0.2, 0) is 13.1 Å². The van der Waals surface area contributed by atoms with Crippen molar-refractivity contribution in [1.29, 1.82) is 0 Å². The first-order chi connectivity index (χ1) is 15.6. The van der Waals surface area contributed by atoms with Gasteiger partial charge >= 0.3 is 6.03 Å². The molecule has 11 heteroatoms. The third kappa shape index (κ3) is 5.27. The number of anilines is 1. The molecule has 4 aromatic rings. The van der Waals surface area contributed by atoms with Gasteiger partial charge in [0.15, 0.2) is 11.7 Å². The Bertz CT molecular complexity index is 1210. The summed E-state index contributed by atoms with van der Waals surface area (Å²) in [5.74, 6) is 1.33. The van der Waals surface area contributed by atoms with Crippen LogP contribution < -0.4 is 22.1 Å². The Labute approximate surface area is 182 Å². The number of rotatable bonds is 7. The normalized spacial score (nSPS) is 10.5. The minimum Gasteiger partial charge on any atom is -0.461 e. The van der Waals surface area contributed by atoms with Crippen LogP contribution in [0.25, 0.3) is 22.6 Å². The van der Waals surface area contributed by atoms with Crippen LogP contribution >= 0.6 is 0 Å². The van der Waals surface area contributed by atoms with E-state index in [1.54, 1.807) is 36.9 Å². The molecule has 11 nitrogen and oxygen atoms in total. The van der Waals surface area contributed by atoms with Gasteiger partial charge in [0, 0.05) is 30.6 Å². The molecule has 0 spiro atoms. The predicted octanol–water partition coefficient (Wildman–Crippen LogP) is 2.49. The second kappa shape index (κ2) is 9.43. The molecule has 0 aliphatic rings. The molecule has 0 atom stereocenters. The van der Waals surface area contributed by atoms with Gasteiger partial charge in [-0.3, -0.25) is 0 Å². The number of nitrogens with two attached hydrogens (primary N) is 2. The molecule has 0 bridgehead atoms. The monoisotopic (exact) mass is 432 g/mol. The molecule has 0 unspecified atom stereocenters. The fourth-order valence-electron chi connectivity index (χ4n) is 2.86. The Morgan fingerprint density at radius 1 is 1.00 bits per heavy atom. The maximum Gasteiger partial charge on any atom is 0.344 e. The summed E-state index contributed by atoms with van der Waals surface area (Å²) in [6, 6.07) is 12.4. The van der Waals surface area contributed by atoms with Crippen LogP contribution in [0.5, 0.6) is 0 Å². The lowest BCUT2D eigenvalue weighted by molar-refractivity contribution is 0.249. The number of aliphatic imine (C=N–C) groups is 1. The van der Waals surface area contributed by atoms with E-state index in [4.69, 9.17) is 20.4 Å². The van der Waals surface area contributed by atoms with Gasteiger partial charge in [0.1, 0.15) is 5.69 Å². The van der Waals surface area contributed by atoms with Gasteiger partial charge in [-0.15, -0.1) is 0 Å². The number of guanidine groups is 1. The van der Waals surface area contributed by atoms with E-state index in [9.17, 15) is 4.79 Å². The van der Waals surface area contributed by atoms with Crippen molar-refractivity contribution in [1.82, 2.24) is 20.4 Å². The second-order valence-corrected chi connectivity index (χ2v) is 6.70. The molecule has 32 heavy (non-hydrogen) atoms. The number of aromatic nitrogens is 3. The number of carbonyl (C=O) groups excluding carboxylic acids is 1. The fraction of sp³-hybridized carbons (Fsp3) is 0.0952. The molecule has 0 radical (unpaired) electrons. The van der Waals surface area contributed by atoms with Crippen LogP contribution in [0.15, 0.2) is 75.1 Å². The van der Waals surface area contributed by atoms with Crippen molar-refractivity contribution in [2.24, 2.45) is 16.5 Å². The molecular formula is C21H20N8O3. The van der Waals surface area contributed by atoms with E-state index in [0.717, 1.165) is 16.7 Å². The highest BCUT2D eigenvalue weighted by Crippen LogP contribution is 2.22. The average Bonchev–Trinajstić information content (AvgIpc) is 3.48. The van der Waals surface area contributed by atoms with Gasteiger partial charge < -0.3 is 31.0 Å². The molecule has 6 N–H and O–H groups in total. The van der Waals surface area contributed by atoms with Crippen LogP contribution in [0, 0.1) is 0 Å². The second-order valence-electron chi connectivity index (χ2n) is 6.70. The van der Waals surface area contributed by atoms with E-state index >= 15 is 0 Å². The summed E-state index contributed by atoms with van der Waals surface area (Å²) in [5, 5.41) is 9.72. The first kappa shape index (κ1) is 20.6. The van der Waals surface area contributed by atoms with Crippen LogP contribution in [0.2, 0.25) is 0 Å². The van der Waals surface area contributed by atoms with Gasteiger partial charge in [0.2, 0.25) is 11.7 Å². The van der Waals surface area contributed by atoms with Crippen molar-refractivity contribution in [2.75, 3.05) is 5.32 Å². The van der Waals surface area contributed by atoms with E-state index in [1.807, 2.05) is 24.3 Å². The zero-order valence-corrected chi connectivity index (χ0v) is 16.9. The quantitative estimate of drug-likeness (QED) is 0.253. The van der Waals surface area contributed by atoms with Gasteiger partial charge in [-0.2, -0.15) is 4.99 Å². The Hall–Kier alpha value is -4.67. The van der Waals surface area contributed by atoms with Crippen LogP contribution in [0.1, 0.15) is 11.3 Å². The summed E-state index contributed by atoms with van der Waals surface area (Å²) in [6.07, 6.45) is 5.00. The molecule has 4 rings (SSSR count). The number of furan rings is 1. The molecular weight excluding hydrogens is 412 g/mol. The molecule has 162 valence electrons. The summed E-state index contributed by atoms with van der Waals surface area (Å²) >= 11 is 0.